The number of nitrogens with one attached hydrogen (secondary N) is 1. The summed E-state index contributed by atoms with van der Waals surface area (Å²) in [5.41, 5.74) is 0.691. The molecule has 0 fully saturated rings. The van der Waals surface area contributed by atoms with E-state index in [0.29, 0.717) is 17.1 Å². The zero-order valence-electron chi connectivity index (χ0n) is 8.42. The van der Waals surface area contributed by atoms with Crippen molar-refractivity contribution in [2.75, 3.05) is 0 Å². The number of rotatable bonds is 1. The zero-order chi connectivity index (χ0) is 11.7. The van der Waals surface area contributed by atoms with E-state index < -0.39 is 5.56 Å². The van der Waals surface area contributed by atoms with Crippen LogP contribution in [0.1, 0.15) is 5.69 Å². The molecule has 1 heterocycles. The molecule has 0 spiro atoms. The molecule has 0 radical (unpaired) electrons. The van der Waals surface area contributed by atoms with E-state index in [0.717, 1.165) is 0 Å². The number of nitrogens with zero attached hydrogens (tertiary/aromatic N) is 1. The van der Waals surface area contributed by atoms with Crippen molar-refractivity contribution in [3.8, 4) is 11.4 Å². The minimum atomic E-state index is -0.395. The molecule has 0 bridgehead atoms. The van der Waals surface area contributed by atoms with Crippen molar-refractivity contribution in [1.29, 1.82) is 0 Å². The highest BCUT2D eigenvalue weighted by molar-refractivity contribution is 6.30. The van der Waals surface area contributed by atoms with Crippen molar-refractivity contribution >= 4 is 11.6 Å². The first kappa shape index (κ1) is 10.8. The van der Waals surface area contributed by atoms with E-state index in [2.05, 4.69) is 9.97 Å². The molecule has 0 aliphatic rings. The van der Waals surface area contributed by atoms with Crippen LogP contribution >= 0.6 is 11.6 Å². The average molecular weight is 239 g/mol. The second kappa shape index (κ2) is 4.06. The summed E-state index contributed by atoms with van der Waals surface area (Å²) >= 11 is 5.70. The fraction of sp³-hybridized carbons (Fsp3) is 0.0909. The predicted octanol–water partition coefficient (Wildman–Crippen LogP) is 2.54. The Labute approximate surface area is 95.9 Å². The summed E-state index contributed by atoms with van der Waals surface area (Å²) in [6.45, 7) is 1.64. The molecule has 3 nitrogen and oxygen atoms in total. The van der Waals surface area contributed by atoms with Crippen LogP contribution in [0, 0.1) is 12.7 Å². The highest BCUT2D eigenvalue weighted by Gasteiger charge is 2.06. The van der Waals surface area contributed by atoms with Crippen molar-refractivity contribution in [3.05, 3.63) is 51.2 Å². The first-order valence-corrected chi connectivity index (χ1v) is 4.98. The van der Waals surface area contributed by atoms with Crippen LogP contribution in [-0.4, -0.2) is 9.97 Å². The average Bonchev–Trinajstić information content (AvgIpc) is 2.26. The third-order valence-corrected chi connectivity index (χ3v) is 2.59. The third kappa shape index (κ3) is 1.97. The summed E-state index contributed by atoms with van der Waals surface area (Å²) in [5.74, 6) is 0.0451. The van der Waals surface area contributed by atoms with Crippen LogP contribution in [0.25, 0.3) is 11.4 Å². The largest absolute Gasteiger partial charge is 0.305 e. The molecule has 0 atom stereocenters. The number of hydrogen-bond donors (Lipinski definition) is 1. The number of H-pyrrole nitrogens is 1. The lowest BCUT2D eigenvalue weighted by Gasteiger charge is -2.02. The fourth-order valence-electron chi connectivity index (χ4n) is 1.32. The predicted molar refractivity (Wildman–Crippen MR) is 60.0 cm³/mol. The van der Waals surface area contributed by atoms with Crippen LogP contribution in [0.15, 0.2) is 29.1 Å². The minimum absolute atomic E-state index is 0.0749. The number of aromatic amines is 1. The van der Waals surface area contributed by atoms with Crippen LogP contribution in [0.4, 0.5) is 4.39 Å². The van der Waals surface area contributed by atoms with E-state index in [1.165, 1.54) is 12.1 Å². The first-order chi connectivity index (χ1) is 7.58. The van der Waals surface area contributed by atoms with Gasteiger partial charge in [0.25, 0.3) is 5.56 Å². The zero-order valence-corrected chi connectivity index (χ0v) is 9.18. The van der Waals surface area contributed by atoms with Gasteiger partial charge in [-0.3, -0.25) is 4.79 Å². The van der Waals surface area contributed by atoms with Gasteiger partial charge in [-0.2, -0.15) is 0 Å². The summed E-state index contributed by atoms with van der Waals surface area (Å²) < 4.78 is 12.7. The van der Waals surface area contributed by atoms with Gasteiger partial charge in [0.2, 0.25) is 0 Å². The van der Waals surface area contributed by atoms with Crippen molar-refractivity contribution in [2.45, 2.75) is 6.92 Å². The maximum absolute atomic E-state index is 12.7. The molecule has 1 aromatic heterocycles. The van der Waals surface area contributed by atoms with Crippen LogP contribution in [-0.2, 0) is 0 Å². The molecule has 2 rings (SSSR count). The Balaban J connectivity index is 2.57. The van der Waals surface area contributed by atoms with Crippen LogP contribution in [0.5, 0.6) is 0 Å². The molecular formula is C11H8ClFN2O. The van der Waals surface area contributed by atoms with Gasteiger partial charge in [-0.15, -0.1) is 0 Å². The summed E-state index contributed by atoms with van der Waals surface area (Å²) in [6.07, 6.45) is 0. The highest BCUT2D eigenvalue weighted by Crippen LogP contribution is 2.16. The van der Waals surface area contributed by atoms with Gasteiger partial charge in [-0.05, 0) is 31.2 Å². The van der Waals surface area contributed by atoms with Crippen molar-refractivity contribution < 1.29 is 4.39 Å². The van der Waals surface area contributed by atoms with Crippen molar-refractivity contribution in [2.24, 2.45) is 0 Å². The number of aromatic nitrogens is 2. The molecule has 5 heteroatoms. The van der Waals surface area contributed by atoms with Crippen LogP contribution in [0.3, 0.4) is 0 Å². The second-order valence-corrected chi connectivity index (χ2v) is 3.70. The third-order valence-electron chi connectivity index (χ3n) is 2.15. The summed E-state index contributed by atoms with van der Waals surface area (Å²) in [7, 11) is 0. The smallest absolute Gasteiger partial charge is 0.270 e. The van der Waals surface area contributed by atoms with E-state index in [9.17, 15) is 9.18 Å². The molecule has 0 saturated heterocycles. The van der Waals surface area contributed by atoms with Gasteiger partial charge in [-0.25, -0.2) is 9.37 Å². The topological polar surface area (TPSA) is 45.8 Å². The Morgan fingerprint density at radius 3 is 2.50 bits per heavy atom. The molecule has 1 aromatic carbocycles. The van der Waals surface area contributed by atoms with E-state index in [1.807, 2.05) is 0 Å². The molecule has 0 aliphatic heterocycles. The molecular weight excluding hydrogens is 231 g/mol. The van der Waals surface area contributed by atoms with E-state index >= 15 is 0 Å². The second-order valence-electron chi connectivity index (χ2n) is 3.32. The maximum Gasteiger partial charge on any atom is 0.270 e. The summed E-state index contributed by atoms with van der Waals surface area (Å²) in [4.78, 5) is 18.1. The number of benzene rings is 1. The minimum Gasteiger partial charge on any atom is -0.305 e. The number of halogens is 2. The Bertz CT molecular complexity index is 578. The summed E-state index contributed by atoms with van der Waals surface area (Å²) in [5, 5.41) is 0.0749. The monoisotopic (exact) mass is 238 g/mol. The van der Waals surface area contributed by atoms with E-state index in [4.69, 9.17) is 11.6 Å². The molecule has 1 N–H and O–H groups in total. The lowest BCUT2D eigenvalue weighted by atomic mass is 10.2. The van der Waals surface area contributed by atoms with Gasteiger partial charge in [0.05, 0.1) is 5.69 Å². The molecule has 0 aliphatic carbocycles. The Morgan fingerprint density at radius 1 is 1.31 bits per heavy atom. The Kier molecular flexibility index (Phi) is 2.75. The molecule has 0 amide bonds. The highest BCUT2D eigenvalue weighted by atomic mass is 35.5. The molecule has 0 unspecified atom stereocenters. The maximum atomic E-state index is 12.7. The Morgan fingerprint density at radius 2 is 1.94 bits per heavy atom. The van der Waals surface area contributed by atoms with Gasteiger partial charge in [0.1, 0.15) is 16.7 Å². The standard InChI is InChI=1S/C11H8ClFN2O/c1-6-9(12)11(16)15-10(14-6)7-2-4-8(13)5-3-7/h2-5H,1H3,(H,14,15,16). The number of hydrogen-bond acceptors (Lipinski definition) is 2. The first-order valence-electron chi connectivity index (χ1n) is 4.60. The SMILES string of the molecule is Cc1nc(-c2ccc(F)cc2)[nH]c(=O)c1Cl. The molecule has 16 heavy (non-hydrogen) atoms. The molecule has 82 valence electrons. The molecule has 2 aromatic rings. The van der Waals surface area contributed by atoms with Gasteiger partial charge >= 0.3 is 0 Å². The van der Waals surface area contributed by atoms with Gasteiger partial charge in [-0.1, -0.05) is 11.6 Å². The van der Waals surface area contributed by atoms with E-state index in [1.54, 1.807) is 19.1 Å². The van der Waals surface area contributed by atoms with E-state index in [-0.39, 0.29) is 10.8 Å². The lowest BCUT2D eigenvalue weighted by Crippen LogP contribution is -2.11. The van der Waals surface area contributed by atoms with Crippen molar-refractivity contribution in [1.82, 2.24) is 9.97 Å². The Hall–Kier alpha value is -1.68. The van der Waals surface area contributed by atoms with Crippen LogP contribution in [0.2, 0.25) is 5.02 Å². The van der Waals surface area contributed by atoms with Crippen molar-refractivity contribution in [3.63, 3.8) is 0 Å². The lowest BCUT2D eigenvalue weighted by molar-refractivity contribution is 0.628. The number of aryl methyl sites for hydroxylation is 1. The van der Waals surface area contributed by atoms with Gasteiger partial charge < -0.3 is 4.98 Å². The van der Waals surface area contributed by atoms with Gasteiger partial charge in [0.15, 0.2) is 0 Å². The van der Waals surface area contributed by atoms with Gasteiger partial charge in [0, 0.05) is 5.56 Å². The quantitative estimate of drug-likeness (QED) is 0.830. The fourth-order valence-corrected chi connectivity index (χ4v) is 1.41. The normalized spacial score (nSPS) is 10.4. The molecule has 0 saturated carbocycles. The summed E-state index contributed by atoms with van der Waals surface area (Å²) in [6, 6.07) is 5.69. The van der Waals surface area contributed by atoms with Crippen LogP contribution < -0.4 is 5.56 Å².